The minimum Gasteiger partial charge on any atom is -0.469 e. The molecule has 9 nitrogen and oxygen atoms in total. The minimum atomic E-state index is -0.602. The Bertz CT molecular complexity index is 880. The number of aryl methyl sites for hydroxylation is 1. The molecule has 0 saturated heterocycles. The van der Waals surface area contributed by atoms with Crippen molar-refractivity contribution in [2.24, 2.45) is 0 Å². The molecular weight excluding hydrogens is 420 g/mol. The van der Waals surface area contributed by atoms with Crippen LogP contribution < -0.4 is 5.32 Å². The minimum absolute atomic E-state index is 0.0457. The molecule has 10 heteroatoms. The maximum atomic E-state index is 12.5. The van der Waals surface area contributed by atoms with Gasteiger partial charge in [0.15, 0.2) is 0 Å². The molecule has 1 heterocycles. The van der Waals surface area contributed by atoms with Crippen LogP contribution in [0.15, 0.2) is 28.7 Å². The lowest BCUT2D eigenvalue weighted by atomic mass is 10.0. The zero-order valence-corrected chi connectivity index (χ0v) is 16.6. The molecule has 1 amide bonds. The van der Waals surface area contributed by atoms with Crippen molar-refractivity contribution in [2.45, 2.75) is 32.9 Å². The van der Waals surface area contributed by atoms with Gasteiger partial charge >= 0.3 is 11.7 Å². The normalized spacial score (nSPS) is 11.7. The van der Waals surface area contributed by atoms with Gasteiger partial charge in [-0.25, -0.2) is 0 Å². The molecule has 1 N–H and O–H groups in total. The Morgan fingerprint density at radius 1 is 1.41 bits per heavy atom. The molecule has 1 aromatic carbocycles. The molecule has 1 unspecified atom stereocenters. The fraction of sp³-hybridized carbons (Fsp3) is 0.353. The summed E-state index contributed by atoms with van der Waals surface area (Å²) in [5.41, 5.74) is 1.14. The number of nitrogens with zero attached hydrogens (tertiary/aromatic N) is 3. The summed E-state index contributed by atoms with van der Waals surface area (Å²) in [6.07, 6.45) is -0.0457. The zero-order chi connectivity index (χ0) is 20.1. The van der Waals surface area contributed by atoms with E-state index >= 15 is 0 Å². The number of carbonyl (C=O) groups is 2. The topological polar surface area (TPSA) is 116 Å². The third kappa shape index (κ3) is 5.13. The van der Waals surface area contributed by atoms with E-state index in [1.807, 2.05) is 6.07 Å². The Balaban J connectivity index is 2.20. The van der Waals surface area contributed by atoms with E-state index in [0.29, 0.717) is 5.69 Å². The fourth-order valence-electron chi connectivity index (χ4n) is 2.71. The average Bonchev–Trinajstić information content (AvgIpc) is 2.87. The van der Waals surface area contributed by atoms with Gasteiger partial charge in [-0.15, -0.1) is 0 Å². The number of esters is 1. The zero-order valence-electron chi connectivity index (χ0n) is 15.1. The molecule has 27 heavy (non-hydrogen) atoms. The maximum absolute atomic E-state index is 12.5. The molecule has 0 aliphatic carbocycles. The number of aromatic nitrogens is 2. The summed E-state index contributed by atoms with van der Waals surface area (Å²) >= 11 is 3.36. The second-order valence-electron chi connectivity index (χ2n) is 5.89. The van der Waals surface area contributed by atoms with Crippen molar-refractivity contribution in [3.8, 4) is 0 Å². The first-order chi connectivity index (χ1) is 12.7. The summed E-state index contributed by atoms with van der Waals surface area (Å²) in [5.74, 6) is -0.897. The molecular formula is C17H19BrN4O5. The molecule has 0 aliphatic rings. The quantitative estimate of drug-likeness (QED) is 0.403. The number of rotatable bonds is 7. The van der Waals surface area contributed by atoms with E-state index in [0.717, 1.165) is 10.0 Å². The molecule has 0 fully saturated rings. The first kappa shape index (κ1) is 20.6. The van der Waals surface area contributed by atoms with Gasteiger partial charge in [-0.1, -0.05) is 28.1 Å². The molecule has 0 spiro atoms. The third-order valence-corrected chi connectivity index (χ3v) is 4.50. The second kappa shape index (κ2) is 8.76. The number of ether oxygens (including phenoxy) is 1. The van der Waals surface area contributed by atoms with Crippen molar-refractivity contribution >= 4 is 33.5 Å². The molecule has 0 saturated carbocycles. The molecule has 0 bridgehead atoms. The van der Waals surface area contributed by atoms with Gasteiger partial charge in [0.2, 0.25) is 5.91 Å². The number of halogens is 1. The van der Waals surface area contributed by atoms with Crippen LogP contribution in [0.25, 0.3) is 0 Å². The number of hydrogen-bond acceptors (Lipinski definition) is 6. The summed E-state index contributed by atoms with van der Waals surface area (Å²) in [6.45, 7) is 2.85. The Hall–Kier alpha value is -2.75. The highest BCUT2D eigenvalue weighted by Crippen LogP contribution is 2.23. The van der Waals surface area contributed by atoms with Gasteiger partial charge in [-0.2, -0.15) is 5.10 Å². The molecule has 2 rings (SSSR count). The van der Waals surface area contributed by atoms with E-state index in [-0.39, 0.29) is 24.3 Å². The number of amides is 1. The Morgan fingerprint density at radius 2 is 2.11 bits per heavy atom. The van der Waals surface area contributed by atoms with Gasteiger partial charge in [0.25, 0.3) is 0 Å². The van der Waals surface area contributed by atoms with Crippen LogP contribution >= 0.6 is 15.9 Å². The van der Waals surface area contributed by atoms with Crippen LogP contribution in [0.4, 0.5) is 5.69 Å². The van der Waals surface area contributed by atoms with Crippen molar-refractivity contribution in [1.82, 2.24) is 15.1 Å². The molecule has 1 aromatic heterocycles. The van der Waals surface area contributed by atoms with Gasteiger partial charge in [-0.3, -0.25) is 24.4 Å². The first-order valence-corrected chi connectivity index (χ1v) is 8.82. The van der Waals surface area contributed by atoms with Gasteiger partial charge in [0.1, 0.15) is 17.9 Å². The maximum Gasteiger partial charge on any atom is 0.312 e. The van der Waals surface area contributed by atoms with Crippen LogP contribution in [-0.2, 0) is 20.9 Å². The number of benzene rings is 1. The summed E-state index contributed by atoms with van der Waals surface area (Å²) in [5, 5.41) is 17.9. The lowest BCUT2D eigenvalue weighted by molar-refractivity contribution is -0.386. The number of methoxy groups -OCH3 is 1. The second-order valence-corrected chi connectivity index (χ2v) is 6.81. The monoisotopic (exact) mass is 438 g/mol. The number of carbonyl (C=O) groups excluding carboxylic acids is 2. The highest BCUT2D eigenvalue weighted by atomic mass is 79.9. The van der Waals surface area contributed by atoms with Gasteiger partial charge < -0.3 is 10.1 Å². The van der Waals surface area contributed by atoms with Crippen molar-refractivity contribution < 1.29 is 19.2 Å². The van der Waals surface area contributed by atoms with Crippen LogP contribution in [0.5, 0.6) is 0 Å². The standard InChI is InChI=1S/C17H19BrN4O5/c1-10-17(22(25)26)11(2)21(20-10)9-15(23)19-14(8-16(24)27-3)12-5-4-6-13(18)7-12/h4-7,14H,8-9H2,1-3H3,(H,19,23). The summed E-state index contributed by atoms with van der Waals surface area (Å²) < 4.78 is 6.78. The van der Waals surface area contributed by atoms with Crippen molar-refractivity contribution in [1.29, 1.82) is 0 Å². The first-order valence-electron chi connectivity index (χ1n) is 8.03. The van der Waals surface area contributed by atoms with Crippen LogP contribution in [0.3, 0.4) is 0 Å². The van der Waals surface area contributed by atoms with Gasteiger partial charge in [0.05, 0.1) is 24.5 Å². The molecule has 0 aliphatic heterocycles. The SMILES string of the molecule is COC(=O)CC(NC(=O)Cn1nc(C)c([N+](=O)[O-])c1C)c1cccc(Br)c1. The molecule has 144 valence electrons. The molecule has 0 radical (unpaired) electrons. The summed E-state index contributed by atoms with van der Waals surface area (Å²) in [7, 11) is 1.27. The predicted molar refractivity (Wildman–Crippen MR) is 100 cm³/mol. The van der Waals surface area contributed by atoms with Crippen LogP contribution in [0, 0.1) is 24.0 Å². The summed E-state index contributed by atoms with van der Waals surface area (Å²) in [4.78, 5) is 34.8. The number of hydrogen-bond donors (Lipinski definition) is 1. The van der Waals surface area contributed by atoms with E-state index in [1.165, 1.54) is 25.6 Å². The number of nitrogens with one attached hydrogen (secondary N) is 1. The van der Waals surface area contributed by atoms with E-state index < -0.39 is 22.8 Å². The Labute approximate surface area is 164 Å². The third-order valence-electron chi connectivity index (χ3n) is 4.00. The van der Waals surface area contributed by atoms with E-state index in [4.69, 9.17) is 4.74 Å². The molecule has 2 aromatic rings. The van der Waals surface area contributed by atoms with Gasteiger partial charge in [0, 0.05) is 4.47 Å². The highest BCUT2D eigenvalue weighted by Gasteiger charge is 2.24. The lowest BCUT2D eigenvalue weighted by Crippen LogP contribution is -2.33. The largest absolute Gasteiger partial charge is 0.469 e. The van der Waals surface area contributed by atoms with Gasteiger partial charge in [-0.05, 0) is 31.5 Å². The van der Waals surface area contributed by atoms with E-state index in [2.05, 4.69) is 26.3 Å². The van der Waals surface area contributed by atoms with Crippen LogP contribution in [0.2, 0.25) is 0 Å². The Kier molecular flexibility index (Phi) is 6.67. The summed E-state index contributed by atoms with van der Waals surface area (Å²) in [6, 6.07) is 6.60. The van der Waals surface area contributed by atoms with Crippen molar-refractivity contribution in [2.75, 3.05) is 7.11 Å². The predicted octanol–water partition coefficient (Wildman–Crippen LogP) is 2.59. The number of nitro groups is 1. The average molecular weight is 439 g/mol. The van der Waals surface area contributed by atoms with Crippen molar-refractivity contribution in [3.05, 3.63) is 55.8 Å². The van der Waals surface area contributed by atoms with Crippen LogP contribution in [-0.4, -0.2) is 33.7 Å². The molecule has 1 atom stereocenters. The lowest BCUT2D eigenvalue weighted by Gasteiger charge is -2.18. The van der Waals surface area contributed by atoms with E-state index in [9.17, 15) is 19.7 Å². The smallest absolute Gasteiger partial charge is 0.312 e. The Morgan fingerprint density at radius 3 is 2.67 bits per heavy atom. The van der Waals surface area contributed by atoms with Crippen molar-refractivity contribution in [3.63, 3.8) is 0 Å². The fourth-order valence-corrected chi connectivity index (χ4v) is 3.12. The van der Waals surface area contributed by atoms with E-state index in [1.54, 1.807) is 18.2 Å². The van der Waals surface area contributed by atoms with Crippen LogP contribution in [0.1, 0.15) is 29.4 Å². The highest BCUT2D eigenvalue weighted by molar-refractivity contribution is 9.10.